The number of non-ortho nitro benzene ring substituents is 1. The first kappa shape index (κ1) is 13.4. The summed E-state index contributed by atoms with van der Waals surface area (Å²) in [5.74, 6) is -1.15. The maximum Gasteiger partial charge on any atom is 0.349 e. The number of hydrogen-bond acceptors (Lipinski definition) is 7. The first-order valence-electron chi connectivity index (χ1n) is 5.08. The highest BCUT2D eigenvalue weighted by atomic mass is 32.1. The number of benzene rings is 1. The molecule has 2 aromatic rings. The van der Waals surface area contributed by atoms with E-state index in [1.165, 1.54) is 24.3 Å². The lowest BCUT2D eigenvalue weighted by molar-refractivity contribution is -0.384. The fraction of sp³-hybridized carbons (Fsp3) is 0. The number of thiazole rings is 1. The molecule has 100 valence electrons. The van der Waals surface area contributed by atoms with E-state index >= 15 is 0 Å². The average molecular weight is 291 g/mol. The average Bonchev–Trinajstić information content (AvgIpc) is 2.82. The largest absolute Gasteiger partial charge is 0.477 e. The summed E-state index contributed by atoms with van der Waals surface area (Å²) in [5.41, 5.74) is -0.430. The van der Waals surface area contributed by atoms with Crippen molar-refractivity contribution in [3.05, 3.63) is 45.0 Å². The van der Waals surface area contributed by atoms with Crippen LogP contribution in [0.5, 0.6) is 10.9 Å². The van der Waals surface area contributed by atoms with Gasteiger partial charge in [-0.1, -0.05) is 17.4 Å². The molecule has 0 unspecified atom stereocenters. The van der Waals surface area contributed by atoms with Gasteiger partial charge in [-0.15, -0.1) is 0 Å². The molecular weight excluding hydrogens is 286 g/mol. The number of carbonyl (C=O) groups is 1. The Labute approximate surface area is 115 Å². The van der Waals surface area contributed by atoms with E-state index in [-0.39, 0.29) is 27.2 Å². The predicted octanol–water partition coefficient (Wildman–Crippen LogP) is 2.41. The number of rotatable bonds is 4. The fourth-order valence-corrected chi connectivity index (χ4v) is 2.05. The zero-order valence-corrected chi connectivity index (χ0v) is 10.5. The van der Waals surface area contributed by atoms with Gasteiger partial charge in [0.2, 0.25) is 0 Å². The molecule has 20 heavy (non-hydrogen) atoms. The number of hydrogen-bond donors (Lipinski definition) is 1. The summed E-state index contributed by atoms with van der Waals surface area (Å²) >= 11 is 0.676. The predicted molar refractivity (Wildman–Crippen MR) is 67.0 cm³/mol. The lowest BCUT2D eigenvalue weighted by Crippen LogP contribution is -1.94. The van der Waals surface area contributed by atoms with Crippen LogP contribution >= 0.6 is 11.3 Å². The van der Waals surface area contributed by atoms with E-state index in [2.05, 4.69) is 4.98 Å². The van der Waals surface area contributed by atoms with Gasteiger partial charge in [0.25, 0.3) is 10.9 Å². The minimum absolute atomic E-state index is 0.0700. The van der Waals surface area contributed by atoms with Crippen LogP contribution < -0.4 is 4.74 Å². The minimum atomic E-state index is -1.28. The van der Waals surface area contributed by atoms with Crippen LogP contribution in [0.15, 0.2) is 24.3 Å². The Balaban J connectivity index is 2.31. The SMILES string of the molecule is N#Cc1nc(Oc2cccc([N+](=O)[O-])c2)sc1C(=O)O. The van der Waals surface area contributed by atoms with E-state index < -0.39 is 10.9 Å². The highest BCUT2D eigenvalue weighted by Crippen LogP contribution is 2.30. The Morgan fingerprint density at radius 3 is 2.85 bits per heavy atom. The van der Waals surface area contributed by atoms with Gasteiger partial charge in [-0.05, 0) is 6.07 Å². The molecule has 0 atom stereocenters. The molecule has 0 aliphatic heterocycles. The molecule has 8 nitrogen and oxygen atoms in total. The molecular formula is C11H5N3O5S. The number of aromatic nitrogens is 1. The third kappa shape index (κ3) is 2.70. The Bertz CT molecular complexity index is 734. The van der Waals surface area contributed by atoms with Gasteiger partial charge in [-0.2, -0.15) is 10.2 Å². The summed E-state index contributed by atoms with van der Waals surface area (Å²) in [6, 6.07) is 6.99. The van der Waals surface area contributed by atoms with Crippen molar-refractivity contribution in [2.75, 3.05) is 0 Å². The molecule has 2 rings (SSSR count). The Morgan fingerprint density at radius 1 is 1.55 bits per heavy atom. The van der Waals surface area contributed by atoms with Crippen molar-refractivity contribution in [1.29, 1.82) is 5.26 Å². The number of ether oxygens (including phenoxy) is 1. The van der Waals surface area contributed by atoms with Crippen LogP contribution in [-0.2, 0) is 0 Å². The number of nitro benzene ring substituents is 1. The molecule has 0 fully saturated rings. The van der Waals surface area contributed by atoms with E-state index in [4.69, 9.17) is 15.1 Å². The Kier molecular flexibility index (Phi) is 3.58. The molecule has 1 aromatic carbocycles. The summed E-state index contributed by atoms with van der Waals surface area (Å²) in [7, 11) is 0. The van der Waals surface area contributed by atoms with E-state index in [1.807, 2.05) is 0 Å². The smallest absolute Gasteiger partial charge is 0.349 e. The van der Waals surface area contributed by atoms with Crippen LogP contribution in [0.4, 0.5) is 5.69 Å². The van der Waals surface area contributed by atoms with Crippen molar-refractivity contribution < 1.29 is 19.6 Å². The van der Waals surface area contributed by atoms with E-state index in [0.29, 0.717) is 11.3 Å². The first-order chi connectivity index (χ1) is 9.51. The lowest BCUT2D eigenvalue weighted by atomic mass is 10.3. The molecule has 0 saturated carbocycles. The quantitative estimate of drug-likeness (QED) is 0.676. The minimum Gasteiger partial charge on any atom is -0.477 e. The standard InChI is InChI=1S/C11H5N3O5S/c12-5-8-9(10(15)16)20-11(13-8)19-7-3-1-2-6(4-7)14(17)18/h1-4H,(H,15,16). The van der Waals surface area contributed by atoms with Gasteiger partial charge in [-0.3, -0.25) is 10.1 Å². The molecule has 0 aliphatic rings. The highest BCUT2D eigenvalue weighted by molar-refractivity contribution is 7.15. The van der Waals surface area contributed by atoms with Crippen molar-refractivity contribution in [3.8, 4) is 17.0 Å². The van der Waals surface area contributed by atoms with Crippen LogP contribution in [0.2, 0.25) is 0 Å². The summed E-state index contributed by atoms with van der Waals surface area (Å²) in [6.45, 7) is 0. The normalized spacial score (nSPS) is 9.75. The van der Waals surface area contributed by atoms with Crippen molar-refractivity contribution in [2.24, 2.45) is 0 Å². The fourth-order valence-electron chi connectivity index (χ4n) is 1.33. The number of nitrogens with zero attached hydrogens (tertiary/aromatic N) is 3. The van der Waals surface area contributed by atoms with Crippen molar-refractivity contribution in [2.45, 2.75) is 0 Å². The molecule has 0 bridgehead atoms. The second-order valence-corrected chi connectivity index (χ2v) is 4.39. The zero-order valence-electron chi connectivity index (χ0n) is 9.64. The van der Waals surface area contributed by atoms with E-state index in [1.54, 1.807) is 6.07 Å². The van der Waals surface area contributed by atoms with Crippen molar-refractivity contribution >= 4 is 23.0 Å². The highest BCUT2D eigenvalue weighted by Gasteiger charge is 2.18. The van der Waals surface area contributed by atoms with Gasteiger partial charge in [-0.25, -0.2) is 4.79 Å². The number of nitro groups is 1. The third-order valence-electron chi connectivity index (χ3n) is 2.14. The van der Waals surface area contributed by atoms with Crippen molar-refractivity contribution in [3.63, 3.8) is 0 Å². The number of aromatic carboxylic acids is 1. The second kappa shape index (κ2) is 5.33. The molecule has 0 amide bonds. The maximum atomic E-state index is 10.9. The van der Waals surface area contributed by atoms with Crippen LogP contribution in [0, 0.1) is 21.4 Å². The summed E-state index contributed by atoms with van der Waals surface area (Å²) in [5, 5.41) is 28.2. The zero-order chi connectivity index (χ0) is 14.7. The van der Waals surface area contributed by atoms with Crippen LogP contribution in [0.3, 0.4) is 0 Å². The lowest BCUT2D eigenvalue weighted by Gasteiger charge is -2.00. The van der Waals surface area contributed by atoms with Crippen molar-refractivity contribution in [1.82, 2.24) is 4.98 Å². The van der Waals surface area contributed by atoms with Crippen LogP contribution in [-0.4, -0.2) is 21.0 Å². The van der Waals surface area contributed by atoms with E-state index in [0.717, 1.165) is 0 Å². The summed E-state index contributed by atoms with van der Waals surface area (Å²) in [6.07, 6.45) is 0. The molecule has 1 aromatic heterocycles. The summed E-state index contributed by atoms with van der Waals surface area (Å²) in [4.78, 5) is 24.4. The van der Waals surface area contributed by atoms with Gasteiger partial charge in [0.05, 0.1) is 11.0 Å². The molecule has 9 heteroatoms. The van der Waals surface area contributed by atoms with Crippen LogP contribution in [0.1, 0.15) is 15.4 Å². The monoisotopic (exact) mass is 291 g/mol. The van der Waals surface area contributed by atoms with Gasteiger partial charge < -0.3 is 9.84 Å². The number of nitriles is 1. The second-order valence-electron chi connectivity index (χ2n) is 3.43. The van der Waals surface area contributed by atoms with E-state index in [9.17, 15) is 14.9 Å². The molecule has 1 N–H and O–H groups in total. The molecule has 0 spiro atoms. The molecule has 0 radical (unpaired) electrons. The molecule has 0 saturated heterocycles. The van der Waals surface area contributed by atoms with Crippen LogP contribution in [0.25, 0.3) is 0 Å². The van der Waals surface area contributed by atoms with Gasteiger partial charge in [0.15, 0.2) is 10.6 Å². The first-order valence-corrected chi connectivity index (χ1v) is 5.89. The third-order valence-corrected chi connectivity index (χ3v) is 3.06. The number of carboxylic acid groups (broad SMARTS) is 1. The van der Waals surface area contributed by atoms with Gasteiger partial charge >= 0.3 is 5.97 Å². The van der Waals surface area contributed by atoms with Gasteiger partial charge in [0, 0.05) is 6.07 Å². The van der Waals surface area contributed by atoms with Gasteiger partial charge in [0.1, 0.15) is 11.8 Å². The Hall–Kier alpha value is -2.99. The number of carboxylic acids is 1. The maximum absolute atomic E-state index is 10.9. The topological polar surface area (TPSA) is 126 Å². The Morgan fingerprint density at radius 2 is 2.30 bits per heavy atom. The summed E-state index contributed by atoms with van der Waals surface area (Å²) < 4.78 is 5.23. The molecule has 1 heterocycles. The molecule has 0 aliphatic carbocycles.